The second kappa shape index (κ2) is 7.15. The van der Waals surface area contributed by atoms with E-state index >= 15 is 0 Å². The summed E-state index contributed by atoms with van der Waals surface area (Å²) in [5.74, 6) is 2.99. The topological polar surface area (TPSA) is 29.1 Å². The predicted molar refractivity (Wildman–Crippen MR) is 91.1 cm³/mol. The van der Waals surface area contributed by atoms with Gasteiger partial charge in [0, 0.05) is 6.04 Å². The Labute approximate surface area is 132 Å². The minimum Gasteiger partial charge on any atom is -0.353 e. The van der Waals surface area contributed by atoms with Crippen LogP contribution in [0.5, 0.6) is 0 Å². The van der Waals surface area contributed by atoms with Gasteiger partial charge in [-0.15, -0.1) is 0 Å². The molecule has 1 N–H and O–H groups in total. The molecular weight excluding hydrogens is 258 g/mol. The number of amides is 1. The zero-order valence-corrected chi connectivity index (χ0v) is 15.5. The highest BCUT2D eigenvalue weighted by molar-refractivity contribution is 5.83. The summed E-state index contributed by atoms with van der Waals surface area (Å²) in [6, 6.07) is 0.359. The van der Waals surface area contributed by atoms with Crippen LogP contribution >= 0.6 is 0 Å². The van der Waals surface area contributed by atoms with Crippen molar-refractivity contribution in [2.24, 2.45) is 35.0 Å². The van der Waals surface area contributed by atoms with E-state index < -0.39 is 0 Å². The van der Waals surface area contributed by atoms with E-state index in [1.165, 1.54) is 12.8 Å². The maximum absolute atomic E-state index is 13.0. The average molecular weight is 296 g/mol. The Morgan fingerprint density at radius 2 is 1.57 bits per heavy atom. The first-order valence-corrected chi connectivity index (χ1v) is 8.91. The molecule has 1 rings (SSSR count). The van der Waals surface area contributed by atoms with Gasteiger partial charge >= 0.3 is 0 Å². The summed E-state index contributed by atoms with van der Waals surface area (Å²) < 4.78 is 0. The van der Waals surface area contributed by atoms with Crippen LogP contribution < -0.4 is 5.32 Å². The van der Waals surface area contributed by atoms with Crippen molar-refractivity contribution in [2.45, 2.75) is 80.7 Å². The zero-order chi connectivity index (χ0) is 16.4. The van der Waals surface area contributed by atoms with E-state index in [0.717, 1.165) is 12.3 Å². The highest BCUT2D eigenvalue weighted by Crippen LogP contribution is 2.38. The molecule has 1 saturated carbocycles. The molecule has 0 spiro atoms. The van der Waals surface area contributed by atoms with Gasteiger partial charge in [-0.1, -0.05) is 61.8 Å². The molecule has 21 heavy (non-hydrogen) atoms. The maximum atomic E-state index is 13.0. The van der Waals surface area contributed by atoms with Crippen molar-refractivity contribution in [3.63, 3.8) is 0 Å². The third-order valence-corrected chi connectivity index (χ3v) is 6.23. The molecule has 0 saturated heterocycles. The summed E-state index contributed by atoms with van der Waals surface area (Å²) >= 11 is 0. The average Bonchev–Trinajstić information content (AvgIpc) is 2.36. The summed E-state index contributed by atoms with van der Waals surface area (Å²) in [5, 5.41) is 3.45. The fourth-order valence-electron chi connectivity index (χ4n) is 3.88. The molecule has 0 bridgehead atoms. The summed E-state index contributed by atoms with van der Waals surface area (Å²) in [6.45, 7) is 17.7. The van der Waals surface area contributed by atoms with E-state index in [1.54, 1.807) is 0 Å². The molecule has 2 heteroatoms. The van der Waals surface area contributed by atoms with Crippen LogP contribution in [0.3, 0.4) is 0 Å². The predicted octanol–water partition coefficient (Wildman–Crippen LogP) is 4.88. The lowest BCUT2D eigenvalue weighted by Gasteiger charge is -2.42. The molecule has 1 amide bonds. The fourth-order valence-corrected chi connectivity index (χ4v) is 3.88. The van der Waals surface area contributed by atoms with Crippen molar-refractivity contribution >= 4 is 5.91 Å². The Kier molecular flexibility index (Phi) is 6.31. The van der Waals surface area contributed by atoms with Gasteiger partial charge in [-0.25, -0.2) is 0 Å². The quantitative estimate of drug-likeness (QED) is 0.769. The zero-order valence-electron chi connectivity index (χ0n) is 15.5. The number of carbonyl (C=O) groups is 1. The molecule has 1 aliphatic rings. The fraction of sp³-hybridized carbons (Fsp3) is 0.947. The van der Waals surface area contributed by atoms with E-state index in [-0.39, 0.29) is 11.3 Å². The van der Waals surface area contributed by atoms with Crippen molar-refractivity contribution in [3.8, 4) is 0 Å². The van der Waals surface area contributed by atoms with Gasteiger partial charge in [-0.05, 0) is 42.4 Å². The summed E-state index contributed by atoms with van der Waals surface area (Å²) in [6.07, 6.45) is 3.70. The third kappa shape index (κ3) is 4.02. The van der Waals surface area contributed by atoms with Gasteiger partial charge in [-0.2, -0.15) is 0 Å². The molecule has 0 aromatic carbocycles. The minimum atomic E-state index is -0.276. The molecule has 3 unspecified atom stereocenters. The van der Waals surface area contributed by atoms with E-state index in [2.05, 4.69) is 60.7 Å². The first-order valence-electron chi connectivity index (χ1n) is 8.91. The summed E-state index contributed by atoms with van der Waals surface area (Å²) in [4.78, 5) is 13.0. The Balaban J connectivity index is 2.87. The minimum absolute atomic E-state index is 0.261. The Morgan fingerprint density at radius 1 is 1.05 bits per heavy atom. The van der Waals surface area contributed by atoms with Gasteiger partial charge in [0.15, 0.2) is 0 Å². The molecule has 0 aliphatic heterocycles. The van der Waals surface area contributed by atoms with Crippen LogP contribution in [0.2, 0.25) is 0 Å². The molecule has 1 aliphatic carbocycles. The molecular formula is C19H37NO. The van der Waals surface area contributed by atoms with Crippen LogP contribution in [0.15, 0.2) is 0 Å². The maximum Gasteiger partial charge on any atom is 0.226 e. The Bertz CT molecular complexity index is 337. The Morgan fingerprint density at radius 3 is 2.00 bits per heavy atom. The Hall–Kier alpha value is -0.530. The number of rotatable bonds is 5. The molecule has 0 aromatic heterocycles. The van der Waals surface area contributed by atoms with Crippen LogP contribution in [-0.2, 0) is 4.79 Å². The molecule has 0 aromatic rings. The standard InChI is InChI=1S/C19H37NO/c1-12(2)16-10-9-15(7)11-17(16)20-18(21)19(8,13(3)4)14(5)6/h12-17H,9-11H2,1-8H3,(H,20,21). The van der Waals surface area contributed by atoms with Crippen LogP contribution in [-0.4, -0.2) is 11.9 Å². The van der Waals surface area contributed by atoms with Crippen LogP contribution in [0.25, 0.3) is 0 Å². The molecule has 0 heterocycles. The summed E-state index contributed by atoms with van der Waals surface area (Å²) in [7, 11) is 0. The van der Waals surface area contributed by atoms with E-state index in [1.807, 2.05) is 0 Å². The largest absolute Gasteiger partial charge is 0.353 e. The highest BCUT2D eigenvalue weighted by Gasteiger charge is 2.42. The van der Waals surface area contributed by atoms with Gasteiger partial charge in [0.05, 0.1) is 5.41 Å². The van der Waals surface area contributed by atoms with Gasteiger partial charge in [0.25, 0.3) is 0 Å². The SMILES string of the molecule is CC1CCC(C(C)C)C(NC(=O)C(C)(C(C)C)C(C)C)C1. The van der Waals surface area contributed by atoms with Crippen molar-refractivity contribution in [2.75, 3.05) is 0 Å². The molecule has 1 fully saturated rings. The number of hydrogen-bond acceptors (Lipinski definition) is 1. The lowest BCUT2D eigenvalue weighted by Crippen LogP contribution is -2.53. The number of nitrogens with one attached hydrogen (secondary N) is 1. The van der Waals surface area contributed by atoms with Crippen molar-refractivity contribution in [1.29, 1.82) is 0 Å². The van der Waals surface area contributed by atoms with Crippen molar-refractivity contribution in [1.82, 2.24) is 5.32 Å². The normalized spacial score (nSPS) is 27.5. The third-order valence-electron chi connectivity index (χ3n) is 6.23. The first-order chi connectivity index (χ1) is 9.60. The van der Waals surface area contributed by atoms with Crippen molar-refractivity contribution in [3.05, 3.63) is 0 Å². The lowest BCUT2D eigenvalue weighted by molar-refractivity contribution is -0.137. The van der Waals surface area contributed by atoms with Crippen LogP contribution in [0.4, 0.5) is 0 Å². The van der Waals surface area contributed by atoms with Crippen LogP contribution in [0.1, 0.15) is 74.7 Å². The second-order valence-electron chi connectivity index (χ2n) is 8.50. The van der Waals surface area contributed by atoms with Gasteiger partial charge < -0.3 is 5.32 Å². The van der Waals surface area contributed by atoms with E-state index in [9.17, 15) is 4.79 Å². The second-order valence-corrected chi connectivity index (χ2v) is 8.50. The first kappa shape index (κ1) is 18.5. The molecule has 2 nitrogen and oxygen atoms in total. The number of hydrogen-bond donors (Lipinski definition) is 1. The smallest absolute Gasteiger partial charge is 0.226 e. The van der Waals surface area contributed by atoms with Gasteiger partial charge in [-0.3, -0.25) is 4.79 Å². The molecule has 0 radical (unpaired) electrons. The van der Waals surface area contributed by atoms with E-state index in [4.69, 9.17) is 0 Å². The van der Waals surface area contributed by atoms with Crippen molar-refractivity contribution < 1.29 is 4.79 Å². The summed E-state index contributed by atoms with van der Waals surface area (Å²) in [5.41, 5.74) is -0.276. The number of carbonyl (C=O) groups excluding carboxylic acids is 1. The lowest BCUT2D eigenvalue weighted by atomic mass is 9.68. The monoisotopic (exact) mass is 295 g/mol. The van der Waals surface area contributed by atoms with E-state index in [0.29, 0.717) is 29.7 Å². The molecule has 124 valence electrons. The van der Waals surface area contributed by atoms with Gasteiger partial charge in [0.1, 0.15) is 0 Å². The van der Waals surface area contributed by atoms with Gasteiger partial charge in [0.2, 0.25) is 5.91 Å². The highest BCUT2D eigenvalue weighted by atomic mass is 16.2. The molecule has 3 atom stereocenters. The van der Waals surface area contributed by atoms with Crippen LogP contribution in [0, 0.1) is 35.0 Å².